The third kappa shape index (κ3) is 5.86. The first kappa shape index (κ1) is 16.7. The number of carboxylic acids is 1. The lowest BCUT2D eigenvalue weighted by Gasteiger charge is -2.28. The third-order valence-corrected chi connectivity index (χ3v) is 2.73. The van der Waals surface area contributed by atoms with Gasteiger partial charge in [0, 0.05) is 7.05 Å². The molecule has 6 heteroatoms. The second-order valence-electron chi connectivity index (χ2n) is 5.32. The minimum absolute atomic E-state index is 0.131. The van der Waals surface area contributed by atoms with E-state index in [0.717, 1.165) is 0 Å². The molecule has 0 fully saturated rings. The van der Waals surface area contributed by atoms with E-state index in [0.29, 0.717) is 6.42 Å². The number of aliphatic carboxylic acids is 1. The lowest BCUT2D eigenvalue weighted by molar-refractivity contribution is -0.140. The van der Waals surface area contributed by atoms with E-state index in [1.54, 1.807) is 20.8 Å². The Morgan fingerprint density at radius 3 is 2.22 bits per heavy atom. The topological polar surface area (TPSA) is 89.9 Å². The average molecular weight is 260 g/mol. The fourth-order valence-corrected chi connectivity index (χ4v) is 1.58. The van der Waals surface area contributed by atoms with E-state index in [4.69, 9.17) is 5.11 Å². The fourth-order valence-electron chi connectivity index (χ4n) is 1.58. The largest absolute Gasteiger partial charge is 0.480 e. The van der Waals surface area contributed by atoms with Crippen molar-refractivity contribution in [2.45, 2.75) is 45.8 Å². The van der Waals surface area contributed by atoms with Gasteiger partial charge in [-0.3, -0.25) is 0 Å². The highest BCUT2D eigenvalue weighted by atomic mass is 16.4. The first-order valence-corrected chi connectivity index (χ1v) is 6.05. The summed E-state index contributed by atoms with van der Waals surface area (Å²) in [6.07, 6.45) is 0.659. The molecule has 106 valence electrons. The second kappa shape index (κ2) is 6.58. The van der Waals surface area contributed by atoms with Crippen LogP contribution in [0.2, 0.25) is 0 Å². The Balaban J connectivity index is 4.56. The molecule has 3 N–H and O–H groups in total. The van der Waals surface area contributed by atoms with Crippen LogP contribution in [-0.4, -0.2) is 52.3 Å². The number of nitrogens with one attached hydrogen (secondary N) is 1. The molecule has 0 aliphatic carbocycles. The van der Waals surface area contributed by atoms with Crippen molar-refractivity contribution in [2.75, 3.05) is 13.6 Å². The number of aliphatic hydroxyl groups is 1. The van der Waals surface area contributed by atoms with Crippen molar-refractivity contribution in [3.05, 3.63) is 0 Å². The molecule has 0 aromatic heterocycles. The Kier molecular flexibility index (Phi) is 6.11. The number of rotatable bonds is 6. The molecule has 0 aliphatic rings. The minimum atomic E-state index is -1.05. The summed E-state index contributed by atoms with van der Waals surface area (Å²) in [4.78, 5) is 24.1. The van der Waals surface area contributed by atoms with Crippen molar-refractivity contribution in [1.29, 1.82) is 0 Å². The highest BCUT2D eigenvalue weighted by Gasteiger charge is 2.27. The molecule has 0 aromatic rings. The van der Waals surface area contributed by atoms with Crippen LogP contribution >= 0.6 is 0 Å². The standard InChI is InChI=1S/C12H24N2O4/c1-6-8(2)9(10(15)16)13-11(17)14(5)7-12(3,4)18/h8-9,18H,6-7H2,1-5H3,(H,13,17)(H,15,16)/t8?,9-/m0/s1. The fraction of sp³-hybridized carbons (Fsp3) is 0.833. The number of likely N-dealkylation sites (N-methyl/N-ethyl adjacent to an activating group) is 1. The van der Waals surface area contributed by atoms with Crippen LogP contribution in [0.3, 0.4) is 0 Å². The van der Waals surface area contributed by atoms with Crippen molar-refractivity contribution >= 4 is 12.0 Å². The van der Waals surface area contributed by atoms with Crippen molar-refractivity contribution in [3.63, 3.8) is 0 Å². The van der Waals surface area contributed by atoms with Gasteiger partial charge in [0.25, 0.3) is 0 Å². The van der Waals surface area contributed by atoms with Crippen LogP contribution in [0.5, 0.6) is 0 Å². The van der Waals surface area contributed by atoms with Gasteiger partial charge in [-0.15, -0.1) is 0 Å². The van der Waals surface area contributed by atoms with Crippen LogP contribution in [0, 0.1) is 5.92 Å². The quantitative estimate of drug-likeness (QED) is 0.662. The van der Waals surface area contributed by atoms with Gasteiger partial charge in [0.15, 0.2) is 0 Å². The molecule has 1 unspecified atom stereocenters. The lowest BCUT2D eigenvalue weighted by Crippen LogP contribution is -2.51. The molecular formula is C12H24N2O4. The molecule has 6 nitrogen and oxygen atoms in total. The highest BCUT2D eigenvalue weighted by molar-refractivity contribution is 5.82. The van der Waals surface area contributed by atoms with Crippen LogP contribution in [0.15, 0.2) is 0 Å². The number of hydrogen-bond donors (Lipinski definition) is 3. The highest BCUT2D eigenvalue weighted by Crippen LogP contribution is 2.09. The maximum Gasteiger partial charge on any atom is 0.326 e. The van der Waals surface area contributed by atoms with Gasteiger partial charge in [0.1, 0.15) is 6.04 Å². The van der Waals surface area contributed by atoms with Crippen molar-refractivity contribution in [3.8, 4) is 0 Å². The summed E-state index contributed by atoms with van der Waals surface area (Å²) in [6, 6.07) is -1.41. The van der Waals surface area contributed by atoms with Crippen molar-refractivity contribution in [1.82, 2.24) is 10.2 Å². The molecule has 0 heterocycles. The van der Waals surface area contributed by atoms with E-state index >= 15 is 0 Å². The molecule has 0 spiro atoms. The van der Waals surface area contributed by atoms with E-state index < -0.39 is 23.6 Å². The predicted octanol–water partition coefficient (Wildman–Crippen LogP) is 0.898. The van der Waals surface area contributed by atoms with Gasteiger partial charge >= 0.3 is 12.0 Å². The number of nitrogens with zero attached hydrogens (tertiary/aromatic N) is 1. The number of carboxylic acid groups (broad SMARTS) is 1. The van der Waals surface area contributed by atoms with E-state index in [1.807, 2.05) is 6.92 Å². The summed E-state index contributed by atoms with van der Waals surface area (Å²) >= 11 is 0. The summed E-state index contributed by atoms with van der Waals surface area (Å²) in [6.45, 7) is 6.94. The minimum Gasteiger partial charge on any atom is -0.480 e. The zero-order valence-electron chi connectivity index (χ0n) is 11.7. The molecule has 0 aromatic carbocycles. The molecule has 2 amide bonds. The summed E-state index contributed by atoms with van der Waals surface area (Å²) < 4.78 is 0. The van der Waals surface area contributed by atoms with Gasteiger partial charge in [-0.2, -0.15) is 0 Å². The van der Waals surface area contributed by atoms with E-state index in [9.17, 15) is 14.7 Å². The van der Waals surface area contributed by atoms with Gasteiger partial charge in [-0.25, -0.2) is 9.59 Å². The number of amides is 2. The predicted molar refractivity (Wildman–Crippen MR) is 68.3 cm³/mol. The summed E-state index contributed by atoms with van der Waals surface area (Å²) in [5.74, 6) is -1.20. The molecule has 0 bridgehead atoms. The Bertz CT molecular complexity index is 299. The van der Waals surface area contributed by atoms with Crippen LogP contribution < -0.4 is 5.32 Å². The molecule has 0 saturated carbocycles. The maximum absolute atomic E-state index is 11.8. The molecule has 0 radical (unpaired) electrons. The normalized spacial score (nSPS) is 14.8. The summed E-state index contributed by atoms with van der Waals surface area (Å²) in [5.41, 5.74) is -1.01. The Labute approximate surface area is 108 Å². The summed E-state index contributed by atoms with van der Waals surface area (Å²) in [5, 5.41) is 21.1. The number of carbonyl (C=O) groups is 2. The zero-order valence-corrected chi connectivity index (χ0v) is 11.7. The second-order valence-corrected chi connectivity index (χ2v) is 5.32. The number of hydrogen-bond acceptors (Lipinski definition) is 3. The first-order chi connectivity index (χ1) is 8.08. The summed E-state index contributed by atoms with van der Waals surface area (Å²) in [7, 11) is 1.52. The Morgan fingerprint density at radius 2 is 1.89 bits per heavy atom. The van der Waals surface area contributed by atoms with E-state index in [2.05, 4.69) is 5.32 Å². The van der Waals surface area contributed by atoms with Crippen LogP contribution in [-0.2, 0) is 4.79 Å². The molecule has 0 aliphatic heterocycles. The average Bonchev–Trinajstić information content (AvgIpc) is 2.21. The Hall–Kier alpha value is -1.30. The third-order valence-electron chi connectivity index (χ3n) is 2.73. The lowest BCUT2D eigenvalue weighted by atomic mass is 9.99. The zero-order chi connectivity index (χ0) is 14.5. The molecule has 2 atom stereocenters. The number of carbonyl (C=O) groups excluding carboxylic acids is 1. The van der Waals surface area contributed by atoms with Gasteiger partial charge < -0.3 is 20.4 Å². The van der Waals surface area contributed by atoms with Gasteiger partial charge in [0.05, 0.1) is 12.1 Å². The van der Waals surface area contributed by atoms with Gasteiger partial charge in [-0.1, -0.05) is 20.3 Å². The van der Waals surface area contributed by atoms with Crippen LogP contribution in [0.25, 0.3) is 0 Å². The van der Waals surface area contributed by atoms with Crippen LogP contribution in [0.1, 0.15) is 34.1 Å². The smallest absolute Gasteiger partial charge is 0.326 e. The van der Waals surface area contributed by atoms with E-state index in [1.165, 1.54) is 11.9 Å². The number of urea groups is 1. The van der Waals surface area contributed by atoms with Gasteiger partial charge in [-0.05, 0) is 19.8 Å². The van der Waals surface area contributed by atoms with E-state index in [-0.39, 0.29) is 12.5 Å². The Morgan fingerprint density at radius 1 is 1.39 bits per heavy atom. The SMILES string of the molecule is CCC(C)[C@H](NC(=O)N(C)CC(C)(C)O)C(=O)O. The van der Waals surface area contributed by atoms with Crippen molar-refractivity contribution < 1.29 is 19.8 Å². The van der Waals surface area contributed by atoms with Crippen molar-refractivity contribution in [2.24, 2.45) is 5.92 Å². The molecule has 0 rings (SSSR count). The first-order valence-electron chi connectivity index (χ1n) is 6.05. The monoisotopic (exact) mass is 260 g/mol. The van der Waals surface area contributed by atoms with Gasteiger partial charge in [0.2, 0.25) is 0 Å². The maximum atomic E-state index is 11.8. The molecular weight excluding hydrogens is 236 g/mol. The molecule has 0 saturated heterocycles. The van der Waals surface area contributed by atoms with Crippen LogP contribution in [0.4, 0.5) is 4.79 Å². The molecule has 18 heavy (non-hydrogen) atoms.